The molecule has 0 fully saturated rings. The van der Waals surface area contributed by atoms with Crippen LogP contribution in [-0.2, 0) is 10.0 Å². The van der Waals surface area contributed by atoms with Gasteiger partial charge >= 0.3 is 0 Å². The van der Waals surface area contributed by atoms with Gasteiger partial charge in [-0.05, 0) is 12.1 Å². The summed E-state index contributed by atoms with van der Waals surface area (Å²) in [6.45, 7) is 4.11. The van der Waals surface area contributed by atoms with Gasteiger partial charge in [-0.15, -0.1) is 6.58 Å². The number of nitrogens with two attached hydrogens (primary N) is 1. The molecule has 0 unspecified atom stereocenters. The van der Waals surface area contributed by atoms with Crippen molar-refractivity contribution < 1.29 is 13.2 Å². The van der Waals surface area contributed by atoms with Crippen LogP contribution in [-0.4, -0.2) is 38.8 Å². The number of hydrogen-bond donors (Lipinski definition) is 2. The number of nitrogen functional groups attached to an aromatic ring is 1. The van der Waals surface area contributed by atoms with Crippen molar-refractivity contribution in [1.29, 1.82) is 0 Å². The molecule has 0 bridgehead atoms. The summed E-state index contributed by atoms with van der Waals surface area (Å²) in [5.74, 6) is 2.04. The zero-order valence-electron chi connectivity index (χ0n) is 11.2. The molecule has 3 N–H and O–H groups in total. The number of ether oxygens (including phenoxy) is 1. The van der Waals surface area contributed by atoms with Crippen LogP contribution >= 0.6 is 11.8 Å². The lowest BCUT2D eigenvalue weighted by Crippen LogP contribution is -2.30. The second-order valence-corrected chi connectivity index (χ2v) is 7.07. The number of benzene rings is 1. The molecular formula is C13H20N2O3S2. The van der Waals surface area contributed by atoms with E-state index in [0.29, 0.717) is 18.0 Å². The van der Waals surface area contributed by atoms with Crippen molar-refractivity contribution in [3.05, 3.63) is 36.9 Å². The maximum atomic E-state index is 11.7. The van der Waals surface area contributed by atoms with Crippen molar-refractivity contribution >= 4 is 27.5 Å². The molecule has 0 radical (unpaired) electrons. The molecule has 0 aromatic heterocycles. The van der Waals surface area contributed by atoms with Gasteiger partial charge in [0.05, 0.1) is 5.75 Å². The molecule has 0 spiro atoms. The predicted molar refractivity (Wildman–Crippen MR) is 85.7 cm³/mol. The average molecular weight is 316 g/mol. The Labute approximate surface area is 124 Å². The summed E-state index contributed by atoms with van der Waals surface area (Å²) < 4.78 is 31.2. The van der Waals surface area contributed by atoms with Gasteiger partial charge in [-0.3, -0.25) is 0 Å². The number of nitrogens with one attached hydrogen (secondary N) is 1. The third-order valence-electron chi connectivity index (χ3n) is 2.28. The van der Waals surface area contributed by atoms with E-state index in [2.05, 4.69) is 11.3 Å². The summed E-state index contributed by atoms with van der Waals surface area (Å²) in [7, 11) is -3.29. The molecule has 0 amide bonds. The molecule has 1 aromatic carbocycles. The summed E-state index contributed by atoms with van der Waals surface area (Å²) in [5.41, 5.74) is 6.19. The van der Waals surface area contributed by atoms with Crippen molar-refractivity contribution in [3.8, 4) is 5.75 Å². The molecule has 5 nitrogen and oxygen atoms in total. The van der Waals surface area contributed by atoms with Gasteiger partial charge in [0, 0.05) is 29.8 Å². The Morgan fingerprint density at radius 1 is 1.45 bits per heavy atom. The SMILES string of the molecule is C=CCSCCNS(=O)(=O)CCOc1cccc(N)c1. The lowest BCUT2D eigenvalue weighted by molar-refractivity contribution is 0.340. The minimum absolute atomic E-state index is 0.0755. The summed E-state index contributed by atoms with van der Waals surface area (Å²) >= 11 is 1.63. The Hall–Kier alpha value is -1.18. The summed E-state index contributed by atoms with van der Waals surface area (Å²) in [4.78, 5) is 0. The number of thioether (sulfide) groups is 1. The highest BCUT2D eigenvalue weighted by molar-refractivity contribution is 7.99. The van der Waals surface area contributed by atoms with Crippen molar-refractivity contribution in [2.24, 2.45) is 0 Å². The van der Waals surface area contributed by atoms with E-state index in [-0.39, 0.29) is 12.4 Å². The predicted octanol–water partition coefficient (Wildman–Crippen LogP) is 1.49. The van der Waals surface area contributed by atoms with E-state index in [4.69, 9.17) is 10.5 Å². The molecule has 0 atom stereocenters. The first-order valence-electron chi connectivity index (χ1n) is 6.18. The van der Waals surface area contributed by atoms with Crippen molar-refractivity contribution in [1.82, 2.24) is 4.72 Å². The number of sulfonamides is 1. The average Bonchev–Trinajstić information content (AvgIpc) is 2.38. The van der Waals surface area contributed by atoms with Gasteiger partial charge in [0.15, 0.2) is 0 Å². The maximum absolute atomic E-state index is 11.7. The second kappa shape index (κ2) is 8.89. The van der Waals surface area contributed by atoms with E-state index in [0.717, 1.165) is 11.5 Å². The van der Waals surface area contributed by atoms with Gasteiger partial charge in [-0.25, -0.2) is 13.1 Å². The van der Waals surface area contributed by atoms with Gasteiger partial charge < -0.3 is 10.5 Å². The fourth-order valence-corrected chi connectivity index (χ4v) is 2.95. The van der Waals surface area contributed by atoms with E-state index in [9.17, 15) is 8.42 Å². The molecule has 0 saturated heterocycles. The van der Waals surface area contributed by atoms with Crippen LogP contribution in [0.4, 0.5) is 5.69 Å². The van der Waals surface area contributed by atoms with Crippen LogP contribution in [0.3, 0.4) is 0 Å². The normalized spacial score (nSPS) is 11.2. The lowest BCUT2D eigenvalue weighted by atomic mass is 10.3. The van der Waals surface area contributed by atoms with Crippen LogP contribution in [0.5, 0.6) is 5.75 Å². The molecular weight excluding hydrogens is 296 g/mol. The molecule has 112 valence electrons. The second-order valence-electron chi connectivity index (χ2n) is 4.00. The summed E-state index contributed by atoms with van der Waals surface area (Å²) in [6, 6.07) is 6.90. The van der Waals surface area contributed by atoms with E-state index in [1.54, 1.807) is 42.1 Å². The van der Waals surface area contributed by atoms with Crippen LogP contribution in [0.25, 0.3) is 0 Å². The Bertz CT molecular complexity index is 518. The van der Waals surface area contributed by atoms with E-state index >= 15 is 0 Å². The Kier molecular flexibility index (Phi) is 7.50. The molecule has 20 heavy (non-hydrogen) atoms. The molecule has 7 heteroatoms. The first kappa shape index (κ1) is 16.9. The molecule has 1 rings (SSSR count). The van der Waals surface area contributed by atoms with Crippen LogP contribution in [0.15, 0.2) is 36.9 Å². The smallest absolute Gasteiger partial charge is 0.214 e. The number of hydrogen-bond acceptors (Lipinski definition) is 5. The van der Waals surface area contributed by atoms with Gasteiger partial charge in [0.25, 0.3) is 0 Å². The fourth-order valence-electron chi connectivity index (χ4n) is 1.38. The number of anilines is 1. The molecule has 0 aliphatic carbocycles. The molecule has 0 aliphatic heterocycles. The minimum atomic E-state index is -3.29. The van der Waals surface area contributed by atoms with Gasteiger partial charge in [0.1, 0.15) is 12.4 Å². The van der Waals surface area contributed by atoms with Crippen molar-refractivity contribution in [2.45, 2.75) is 0 Å². The van der Waals surface area contributed by atoms with Crippen molar-refractivity contribution in [3.63, 3.8) is 0 Å². The lowest BCUT2D eigenvalue weighted by Gasteiger charge is -2.08. The van der Waals surface area contributed by atoms with Gasteiger partial charge in [0.2, 0.25) is 10.0 Å². The summed E-state index contributed by atoms with van der Waals surface area (Å²) in [5, 5.41) is 0. The highest BCUT2D eigenvalue weighted by Gasteiger charge is 2.09. The highest BCUT2D eigenvalue weighted by Crippen LogP contribution is 2.14. The monoisotopic (exact) mass is 316 g/mol. The van der Waals surface area contributed by atoms with Crippen LogP contribution < -0.4 is 15.2 Å². The highest BCUT2D eigenvalue weighted by atomic mass is 32.2. The largest absolute Gasteiger partial charge is 0.492 e. The van der Waals surface area contributed by atoms with Crippen LogP contribution in [0.1, 0.15) is 0 Å². The molecule has 0 saturated carbocycles. The van der Waals surface area contributed by atoms with Crippen molar-refractivity contribution in [2.75, 3.05) is 36.1 Å². The zero-order chi connectivity index (χ0) is 14.8. The van der Waals surface area contributed by atoms with E-state index < -0.39 is 10.0 Å². The zero-order valence-corrected chi connectivity index (χ0v) is 12.9. The van der Waals surface area contributed by atoms with Crippen LogP contribution in [0.2, 0.25) is 0 Å². The third-order valence-corrected chi connectivity index (χ3v) is 4.60. The van der Waals surface area contributed by atoms with E-state index in [1.165, 1.54) is 0 Å². The Morgan fingerprint density at radius 3 is 2.95 bits per heavy atom. The van der Waals surface area contributed by atoms with Gasteiger partial charge in [-0.1, -0.05) is 12.1 Å². The Morgan fingerprint density at radius 2 is 2.25 bits per heavy atom. The third kappa shape index (κ3) is 7.42. The van der Waals surface area contributed by atoms with Crippen LogP contribution in [0, 0.1) is 0 Å². The summed E-state index contributed by atoms with van der Waals surface area (Å²) in [6.07, 6.45) is 1.79. The number of rotatable bonds is 10. The van der Waals surface area contributed by atoms with Gasteiger partial charge in [-0.2, -0.15) is 11.8 Å². The quantitative estimate of drug-likeness (QED) is 0.388. The first-order valence-corrected chi connectivity index (χ1v) is 8.98. The Balaban J connectivity index is 2.24. The molecule has 0 aliphatic rings. The van der Waals surface area contributed by atoms with E-state index in [1.807, 2.05) is 0 Å². The molecule has 1 aromatic rings. The maximum Gasteiger partial charge on any atom is 0.214 e. The topological polar surface area (TPSA) is 81.4 Å². The first-order chi connectivity index (χ1) is 9.53. The standard InChI is InChI=1S/C13H20N2O3S2/c1-2-8-19-9-6-15-20(16,17)10-7-18-13-5-3-4-12(14)11-13/h2-5,11,15H,1,6-10,14H2. The minimum Gasteiger partial charge on any atom is -0.492 e. The molecule has 0 heterocycles. The fraction of sp³-hybridized carbons (Fsp3) is 0.385.